The first-order valence-corrected chi connectivity index (χ1v) is 12.5. The topological polar surface area (TPSA) is 98.2 Å². The second kappa shape index (κ2) is 8.94. The fraction of sp³-hybridized carbons (Fsp3) is 0.179. The summed E-state index contributed by atoms with van der Waals surface area (Å²) in [5, 5.41) is 11.8. The summed E-state index contributed by atoms with van der Waals surface area (Å²) in [5.41, 5.74) is 2.73. The number of thiazole rings is 1. The number of aliphatic hydroxyl groups is 1. The van der Waals surface area contributed by atoms with Crippen LogP contribution in [0.5, 0.6) is 17.2 Å². The number of rotatable bonds is 4. The van der Waals surface area contributed by atoms with Gasteiger partial charge in [-0.05, 0) is 48.9 Å². The van der Waals surface area contributed by atoms with Crippen molar-refractivity contribution in [1.82, 2.24) is 4.98 Å². The molecule has 0 saturated carbocycles. The number of aromatic nitrogens is 1. The van der Waals surface area contributed by atoms with Crippen LogP contribution in [0.25, 0.3) is 16.0 Å². The molecule has 6 rings (SSSR count). The van der Waals surface area contributed by atoms with Gasteiger partial charge in [0, 0.05) is 5.56 Å². The van der Waals surface area contributed by atoms with E-state index in [2.05, 4.69) is 4.98 Å². The minimum atomic E-state index is -0.865. The fourth-order valence-electron chi connectivity index (χ4n) is 4.56. The Morgan fingerprint density at radius 1 is 1.03 bits per heavy atom. The molecular weight excluding hydrogens is 492 g/mol. The van der Waals surface area contributed by atoms with Gasteiger partial charge in [-0.2, -0.15) is 0 Å². The summed E-state index contributed by atoms with van der Waals surface area (Å²) in [6.07, 6.45) is 0. The van der Waals surface area contributed by atoms with Gasteiger partial charge in [-0.15, -0.1) is 0 Å². The Hall–Kier alpha value is -4.37. The number of hydrogen-bond donors (Lipinski definition) is 1. The number of hydrogen-bond acceptors (Lipinski definition) is 8. The Morgan fingerprint density at radius 3 is 2.54 bits per heavy atom. The third kappa shape index (κ3) is 3.88. The van der Waals surface area contributed by atoms with Gasteiger partial charge in [0.2, 0.25) is 0 Å². The molecular formula is C28H22N2O6S. The van der Waals surface area contributed by atoms with Crippen LogP contribution in [-0.4, -0.2) is 42.1 Å². The van der Waals surface area contributed by atoms with Crippen LogP contribution >= 0.6 is 11.3 Å². The van der Waals surface area contributed by atoms with E-state index in [1.165, 1.54) is 16.2 Å². The Labute approximate surface area is 216 Å². The van der Waals surface area contributed by atoms with Gasteiger partial charge in [-0.3, -0.25) is 14.5 Å². The maximum absolute atomic E-state index is 13.5. The van der Waals surface area contributed by atoms with E-state index in [4.69, 9.17) is 14.2 Å². The molecule has 37 heavy (non-hydrogen) atoms. The van der Waals surface area contributed by atoms with Crippen LogP contribution in [-0.2, 0) is 9.59 Å². The molecule has 1 saturated heterocycles. The molecule has 9 heteroatoms. The van der Waals surface area contributed by atoms with Gasteiger partial charge in [-0.25, -0.2) is 4.98 Å². The Bertz CT molecular complexity index is 1590. The van der Waals surface area contributed by atoms with Gasteiger partial charge in [0.05, 0.1) is 28.9 Å². The molecule has 3 aromatic carbocycles. The number of aryl methyl sites for hydroxylation is 1. The first kappa shape index (κ1) is 23.1. The van der Waals surface area contributed by atoms with E-state index in [1.807, 2.05) is 37.3 Å². The Kier molecular flexibility index (Phi) is 5.57. The van der Waals surface area contributed by atoms with Crippen molar-refractivity contribution in [3.05, 3.63) is 82.9 Å². The monoisotopic (exact) mass is 514 g/mol. The van der Waals surface area contributed by atoms with Crippen LogP contribution in [0, 0.1) is 6.92 Å². The van der Waals surface area contributed by atoms with Crippen LogP contribution in [0.2, 0.25) is 0 Å². The normalized spacial score (nSPS) is 18.4. The minimum absolute atomic E-state index is 0.0117. The van der Waals surface area contributed by atoms with Crippen molar-refractivity contribution in [3.8, 4) is 17.2 Å². The van der Waals surface area contributed by atoms with E-state index >= 15 is 0 Å². The lowest BCUT2D eigenvalue weighted by Crippen LogP contribution is -2.29. The maximum Gasteiger partial charge on any atom is 0.301 e. The third-order valence-corrected chi connectivity index (χ3v) is 7.46. The van der Waals surface area contributed by atoms with Crippen LogP contribution in [0.3, 0.4) is 0 Å². The summed E-state index contributed by atoms with van der Waals surface area (Å²) >= 11 is 1.28. The van der Waals surface area contributed by atoms with Crippen molar-refractivity contribution in [1.29, 1.82) is 0 Å². The maximum atomic E-state index is 13.5. The predicted octanol–water partition coefficient (Wildman–Crippen LogP) is 5.01. The lowest BCUT2D eigenvalue weighted by Gasteiger charge is -2.23. The molecule has 1 atom stereocenters. The molecule has 0 radical (unpaired) electrons. The first-order valence-electron chi connectivity index (χ1n) is 11.7. The number of ketones is 1. The SMILES string of the molecule is COc1ccc2nc(N3C(=O)C(=O)/C(=C(/O)c4ccc5c(c4)OCCO5)[C@H]3c3ccc(C)cc3)sc2c1. The van der Waals surface area contributed by atoms with Crippen LogP contribution in [0.4, 0.5) is 5.13 Å². The van der Waals surface area contributed by atoms with Gasteiger partial charge in [0.1, 0.15) is 24.7 Å². The number of carbonyl (C=O) groups is 2. The molecule has 1 aromatic heterocycles. The third-order valence-electron chi connectivity index (χ3n) is 6.44. The predicted molar refractivity (Wildman–Crippen MR) is 140 cm³/mol. The lowest BCUT2D eigenvalue weighted by molar-refractivity contribution is -0.132. The summed E-state index contributed by atoms with van der Waals surface area (Å²) in [6.45, 7) is 2.77. The number of Topliss-reactive ketones (excluding diaryl/α,β-unsaturated/α-hetero) is 1. The van der Waals surface area contributed by atoms with Crippen molar-refractivity contribution in [3.63, 3.8) is 0 Å². The molecule has 8 nitrogen and oxygen atoms in total. The minimum Gasteiger partial charge on any atom is -0.507 e. The molecule has 0 spiro atoms. The standard InChI is InChI=1S/C28H22N2O6S/c1-15-3-5-16(6-4-15)24-23(25(31)17-7-10-20-21(13-17)36-12-11-35-20)26(32)27(33)30(24)28-29-19-9-8-18(34-2)14-22(19)37-28/h3-10,13-14,24,31H,11-12H2,1-2H3/b25-23+/t24-/m1/s1. The van der Waals surface area contributed by atoms with E-state index in [1.54, 1.807) is 37.4 Å². The van der Waals surface area contributed by atoms with Crippen molar-refractivity contribution >= 4 is 44.1 Å². The number of ether oxygens (including phenoxy) is 3. The average Bonchev–Trinajstić information content (AvgIpc) is 3.46. The zero-order valence-electron chi connectivity index (χ0n) is 20.1. The number of nitrogens with zero attached hydrogens (tertiary/aromatic N) is 2. The van der Waals surface area contributed by atoms with Crippen molar-refractivity contribution in [2.45, 2.75) is 13.0 Å². The zero-order valence-corrected chi connectivity index (χ0v) is 20.9. The van der Waals surface area contributed by atoms with E-state index < -0.39 is 17.7 Å². The van der Waals surface area contributed by atoms with Crippen molar-refractivity contribution < 1.29 is 28.9 Å². The largest absolute Gasteiger partial charge is 0.507 e. The second-order valence-corrected chi connectivity index (χ2v) is 9.78. The zero-order chi connectivity index (χ0) is 25.7. The van der Waals surface area contributed by atoms with E-state index in [0.29, 0.717) is 52.2 Å². The molecule has 0 unspecified atom stereocenters. The highest BCUT2D eigenvalue weighted by Crippen LogP contribution is 2.45. The number of anilines is 1. The summed E-state index contributed by atoms with van der Waals surface area (Å²) in [4.78, 5) is 32.9. The van der Waals surface area contributed by atoms with E-state index in [0.717, 1.165) is 10.3 Å². The molecule has 2 aliphatic heterocycles. The number of carbonyl (C=O) groups excluding carboxylic acids is 2. The molecule has 1 fully saturated rings. The molecule has 4 aromatic rings. The Morgan fingerprint density at radius 2 is 1.78 bits per heavy atom. The summed E-state index contributed by atoms with van der Waals surface area (Å²) < 4.78 is 17.4. The summed E-state index contributed by atoms with van der Waals surface area (Å²) in [7, 11) is 1.58. The molecule has 2 aliphatic rings. The summed E-state index contributed by atoms with van der Waals surface area (Å²) in [6, 6.07) is 17.0. The number of fused-ring (bicyclic) bond motifs is 2. The molecule has 1 N–H and O–H groups in total. The van der Waals surface area contributed by atoms with Gasteiger partial charge in [-0.1, -0.05) is 41.2 Å². The van der Waals surface area contributed by atoms with Gasteiger partial charge < -0.3 is 19.3 Å². The Balaban J connectivity index is 1.52. The highest BCUT2D eigenvalue weighted by Gasteiger charge is 2.48. The number of methoxy groups -OCH3 is 1. The van der Waals surface area contributed by atoms with Crippen molar-refractivity contribution in [2.24, 2.45) is 0 Å². The number of amides is 1. The molecule has 0 aliphatic carbocycles. The van der Waals surface area contributed by atoms with Gasteiger partial charge >= 0.3 is 5.91 Å². The van der Waals surface area contributed by atoms with E-state index in [9.17, 15) is 14.7 Å². The van der Waals surface area contributed by atoms with Gasteiger partial charge in [0.25, 0.3) is 5.78 Å². The smallest absolute Gasteiger partial charge is 0.301 e. The number of aliphatic hydroxyl groups excluding tert-OH is 1. The fourth-order valence-corrected chi connectivity index (χ4v) is 5.58. The molecule has 3 heterocycles. The molecule has 186 valence electrons. The van der Waals surface area contributed by atoms with Crippen LogP contribution < -0.4 is 19.1 Å². The van der Waals surface area contributed by atoms with E-state index in [-0.39, 0.29) is 11.3 Å². The molecule has 1 amide bonds. The van der Waals surface area contributed by atoms with Crippen molar-refractivity contribution in [2.75, 3.05) is 25.2 Å². The van der Waals surface area contributed by atoms with Crippen LogP contribution in [0.15, 0.2) is 66.2 Å². The highest BCUT2D eigenvalue weighted by molar-refractivity contribution is 7.22. The van der Waals surface area contributed by atoms with Crippen LogP contribution in [0.1, 0.15) is 22.7 Å². The summed E-state index contributed by atoms with van der Waals surface area (Å²) in [5.74, 6) is -0.130. The average molecular weight is 515 g/mol. The first-order chi connectivity index (χ1) is 17.9. The highest BCUT2D eigenvalue weighted by atomic mass is 32.1. The van der Waals surface area contributed by atoms with Gasteiger partial charge in [0.15, 0.2) is 16.6 Å². The lowest BCUT2D eigenvalue weighted by atomic mass is 9.94. The molecule has 0 bridgehead atoms. The number of benzene rings is 3. The second-order valence-electron chi connectivity index (χ2n) is 8.77. The quantitative estimate of drug-likeness (QED) is 0.232.